The summed E-state index contributed by atoms with van der Waals surface area (Å²) in [6, 6.07) is 2.60. The Bertz CT molecular complexity index is 614. The van der Waals surface area contributed by atoms with E-state index in [1.807, 2.05) is 0 Å². The van der Waals surface area contributed by atoms with Crippen LogP contribution in [0.3, 0.4) is 0 Å². The van der Waals surface area contributed by atoms with Gasteiger partial charge in [0, 0.05) is 13.0 Å². The van der Waals surface area contributed by atoms with Crippen molar-refractivity contribution < 1.29 is 32.6 Å². The van der Waals surface area contributed by atoms with Crippen LogP contribution < -0.4 is 10.1 Å². The first-order valence-electron chi connectivity index (χ1n) is 7.10. The molecule has 1 aromatic carbocycles. The van der Waals surface area contributed by atoms with Gasteiger partial charge in [0.1, 0.15) is 12.4 Å². The second-order valence-electron chi connectivity index (χ2n) is 5.22. The molecule has 0 radical (unpaired) electrons. The van der Waals surface area contributed by atoms with Crippen LogP contribution in [0.4, 0.5) is 13.2 Å². The quantitative estimate of drug-likeness (QED) is 0.710. The minimum Gasteiger partial charge on any atom is -0.489 e. The maximum Gasteiger partial charge on any atom is 0.416 e. The maximum atomic E-state index is 12.8. The van der Waals surface area contributed by atoms with E-state index in [2.05, 4.69) is 11.9 Å². The van der Waals surface area contributed by atoms with Crippen molar-refractivity contribution in [2.75, 3.05) is 13.2 Å². The Kier molecular flexibility index (Phi) is 6.82. The lowest BCUT2D eigenvalue weighted by atomic mass is 10.1. The van der Waals surface area contributed by atoms with Gasteiger partial charge in [0.05, 0.1) is 11.1 Å². The summed E-state index contributed by atoms with van der Waals surface area (Å²) in [5.74, 6) is -2.16. The van der Waals surface area contributed by atoms with Gasteiger partial charge in [-0.3, -0.25) is 9.59 Å². The molecule has 0 spiro atoms. The van der Waals surface area contributed by atoms with Gasteiger partial charge in [0.2, 0.25) is 0 Å². The van der Waals surface area contributed by atoms with Crippen LogP contribution in [0.2, 0.25) is 0 Å². The number of nitrogens with one attached hydrogen (secondary N) is 1. The summed E-state index contributed by atoms with van der Waals surface area (Å²) in [7, 11) is 0. The summed E-state index contributed by atoms with van der Waals surface area (Å²) in [6.07, 6.45) is -3.36. The largest absolute Gasteiger partial charge is 0.489 e. The number of carboxylic acids is 1. The smallest absolute Gasteiger partial charge is 0.416 e. The van der Waals surface area contributed by atoms with E-state index in [9.17, 15) is 22.8 Å². The molecule has 0 aliphatic rings. The molecule has 0 aromatic heterocycles. The summed E-state index contributed by atoms with van der Waals surface area (Å²) in [5, 5.41) is 11.1. The van der Waals surface area contributed by atoms with Crippen LogP contribution >= 0.6 is 0 Å². The van der Waals surface area contributed by atoms with E-state index < -0.39 is 23.6 Å². The van der Waals surface area contributed by atoms with E-state index in [0.717, 1.165) is 12.1 Å². The lowest BCUT2D eigenvalue weighted by Crippen LogP contribution is -2.29. The van der Waals surface area contributed by atoms with E-state index in [1.54, 1.807) is 6.92 Å². The molecule has 5 nitrogen and oxygen atoms in total. The van der Waals surface area contributed by atoms with Crippen LogP contribution in [0.5, 0.6) is 5.75 Å². The number of alkyl halides is 3. The highest BCUT2D eigenvalue weighted by atomic mass is 19.4. The molecule has 0 heterocycles. The third kappa shape index (κ3) is 5.94. The fraction of sp³-hybridized carbons (Fsp3) is 0.375. The Morgan fingerprint density at radius 3 is 2.62 bits per heavy atom. The number of benzene rings is 1. The maximum absolute atomic E-state index is 12.8. The number of halogens is 3. The van der Waals surface area contributed by atoms with Crippen LogP contribution in [0, 0.1) is 5.92 Å². The molecule has 1 aromatic rings. The van der Waals surface area contributed by atoms with E-state index >= 15 is 0 Å². The first-order chi connectivity index (χ1) is 11.1. The second-order valence-corrected chi connectivity index (χ2v) is 5.22. The zero-order chi connectivity index (χ0) is 18.3. The Morgan fingerprint density at radius 1 is 1.42 bits per heavy atom. The van der Waals surface area contributed by atoms with Crippen molar-refractivity contribution >= 4 is 11.9 Å². The van der Waals surface area contributed by atoms with Crippen LogP contribution in [0.25, 0.3) is 0 Å². The number of rotatable bonds is 8. The van der Waals surface area contributed by atoms with E-state index in [4.69, 9.17) is 9.84 Å². The molecule has 1 amide bonds. The molecule has 24 heavy (non-hydrogen) atoms. The minimum atomic E-state index is -4.59. The standard InChI is InChI=1S/C16H18F3NO4/c1-3-6-24-13-5-4-11(16(17,18)19)8-12(13)15(23)20-9-10(2)7-14(21)22/h3-5,8,10H,1,6-7,9H2,2H3,(H,20,23)(H,21,22). The van der Waals surface area contributed by atoms with Gasteiger partial charge in [-0.1, -0.05) is 19.6 Å². The lowest BCUT2D eigenvalue weighted by molar-refractivity contribution is -0.138. The zero-order valence-electron chi connectivity index (χ0n) is 13.0. The number of hydrogen-bond acceptors (Lipinski definition) is 3. The third-order valence-corrected chi connectivity index (χ3v) is 3.04. The fourth-order valence-corrected chi connectivity index (χ4v) is 1.89. The molecular weight excluding hydrogens is 327 g/mol. The lowest BCUT2D eigenvalue weighted by Gasteiger charge is -2.15. The minimum absolute atomic E-state index is 0.00807. The molecule has 1 rings (SSSR count). The topological polar surface area (TPSA) is 75.6 Å². The van der Waals surface area contributed by atoms with Crippen molar-refractivity contribution in [2.45, 2.75) is 19.5 Å². The highest BCUT2D eigenvalue weighted by Crippen LogP contribution is 2.32. The van der Waals surface area contributed by atoms with Gasteiger partial charge in [-0.05, 0) is 24.1 Å². The molecule has 1 atom stereocenters. The van der Waals surface area contributed by atoms with Gasteiger partial charge in [-0.2, -0.15) is 13.2 Å². The molecule has 0 aliphatic carbocycles. The first-order valence-corrected chi connectivity index (χ1v) is 7.10. The fourth-order valence-electron chi connectivity index (χ4n) is 1.89. The summed E-state index contributed by atoms with van der Waals surface area (Å²) in [5.41, 5.74) is -1.24. The molecule has 132 valence electrons. The SMILES string of the molecule is C=CCOc1ccc(C(F)(F)F)cc1C(=O)NCC(C)CC(=O)O. The van der Waals surface area contributed by atoms with E-state index in [-0.39, 0.29) is 36.8 Å². The predicted octanol–water partition coefficient (Wildman–Crippen LogP) is 3.11. The van der Waals surface area contributed by atoms with Crippen molar-refractivity contribution in [3.63, 3.8) is 0 Å². The van der Waals surface area contributed by atoms with Crippen LogP contribution in [0.15, 0.2) is 30.9 Å². The predicted molar refractivity (Wildman–Crippen MR) is 80.9 cm³/mol. The highest BCUT2D eigenvalue weighted by Gasteiger charge is 2.32. The van der Waals surface area contributed by atoms with Crippen molar-refractivity contribution in [3.8, 4) is 5.75 Å². The van der Waals surface area contributed by atoms with E-state index in [0.29, 0.717) is 6.07 Å². The first kappa shape index (κ1) is 19.5. The van der Waals surface area contributed by atoms with Crippen molar-refractivity contribution in [2.24, 2.45) is 5.92 Å². The summed E-state index contributed by atoms with van der Waals surface area (Å²) >= 11 is 0. The molecule has 2 N–H and O–H groups in total. The van der Waals surface area contributed by atoms with Gasteiger partial charge < -0.3 is 15.2 Å². The Balaban J connectivity index is 2.97. The highest BCUT2D eigenvalue weighted by molar-refractivity contribution is 5.97. The Hall–Kier alpha value is -2.51. The van der Waals surface area contributed by atoms with Crippen molar-refractivity contribution in [1.29, 1.82) is 0 Å². The van der Waals surface area contributed by atoms with Gasteiger partial charge >= 0.3 is 12.1 Å². The molecule has 0 fully saturated rings. The molecule has 0 saturated heterocycles. The monoisotopic (exact) mass is 345 g/mol. The molecular formula is C16H18F3NO4. The van der Waals surface area contributed by atoms with Crippen molar-refractivity contribution in [3.05, 3.63) is 42.0 Å². The normalized spacial score (nSPS) is 12.3. The number of carbonyl (C=O) groups excluding carboxylic acids is 1. The average molecular weight is 345 g/mol. The van der Waals surface area contributed by atoms with Crippen LogP contribution in [-0.2, 0) is 11.0 Å². The third-order valence-electron chi connectivity index (χ3n) is 3.04. The number of carbonyl (C=O) groups is 2. The van der Waals surface area contributed by atoms with Crippen LogP contribution in [-0.4, -0.2) is 30.1 Å². The Morgan fingerprint density at radius 2 is 2.08 bits per heavy atom. The molecule has 8 heteroatoms. The number of aliphatic carboxylic acids is 1. The molecule has 0 aliphatic heterocycles. The molecule has 0 bridgehead atoms. The van der Waals surface area contributed by atoms with Gasteiger partial charge in [0.25, 0.3) is 5.91 Å². The van der Waals surface area contributed by atoms with Crippen molar-refractivity contribution in [1.82, 2.24) is 5.32 Å². The average Bonchev–Trinajstić information content (AvgIpc) is 2.48. The second kappa shape index (κ2) is 8.37. The summed E-state index contributed by atoms with van der Waals surface area (Å²) in [6.45, 7) is 5.08. The molecule has 0 saturated carbocycles. The summed E-state index contributed by atoms with van der Waals surface area (Å²) in [4.78, 5) is 22.8. The van der Waals surface area contributed by atoms with Gasteiger partial charge in [-0.25, -0.2) is 0 Å². The zero-order valence-corrected chi connectivity index (χ0v) is 13.0. The molecule has 1 unspecified atom stereocenters. The summed E-state index contributed by atoms with van der Waals surface area (Å²) < 4.78 is 43.7. The van der Waals surface area contributed by atoms with Gasteiger partial charge in [0.15, 0.2) is 0 Å². The Labute approximate surface area is 137 Å². The number of carboxylic acid groups (broad SMARTS) is 1. The number of hydrogen-bond donors (Lipinski definition) is 2. The number of ether oxygens (including phenoxy) is 1. The number of amides is 1. The van der Waals surface area contributed by atoms with Gasteiger partial charge in [-0.15, -0.1) is 0 Å². The van der Waals surface area contributed by atoms with E-state index in [1.165, 1.54) is 6.08 Å². The van der Waals surface area contributed by atoms with Crippen LogP contribution in [0.1, 0.15) is 29.3 Å².